The Labute approximate surface area is 219 Å². The molecule has 4 unspecified atom stereocenters. The smallest absolute Gasteiger partial charge is 0.326 e. The molecule has 0 aromatic heterocycles. The number of carboxylic acids is 2. The number of aliphatic carboxylic acids is 2. The van der Waals surface area contributed by atoms with Crippen molar-refractivity contribution in [1.82, 2.24) is 16.0 Å². The average Bonchev–Trinajstić information content (AvgIpc) is 2.85. The highest BCUT2D eigenvalue weighted by Crippen LogP contribution is 2.12. The fourth-order valence-corrected chi connectivity index (χ4v) is 3.51. The first-order valence-electron chi connectivity index (χ1n) is 11.7. The van der Waals surface area contributed by atoms with Crippen molar-refractivity contribution in [3.8, 4) is 5.75 Å². The number of amides is 3. The molecule has 0 aliphatic carbocycles. The van der Waals surface area contributed by atoms with Gasteiger partial charge < -0.3 is 42.7 Å². The van der Waals surface area contributed by atoms with Crippen molar-refractivity contribution in [3.05, 3.63) is 29.8 Å². The SMILES string of the molecule is NCCCCC(NC(=O)C(CS)NC(=O)C(N)CCC(=O)O)C(=O)NC(Cc1ccc(O)cc1)C(=O)O. The zero-order chi connectivity index (χ0) is 28.0. The molecular formula is C23H35N5O8S. The lowest BCUT2D eigenvalue weighted by Gasteiger charge is -2.24. The van der Waals surface area contributed by atoms with E-state index in [0.29, 0.717) is 24.9 Å². The van der Waals surface area contributed by atoms with Crippen molar-refractivity contribution in [3.63, 3.8) is 0 Å². The number of hydrogen-bond acceptors (Lipinski definition) is 9. The highest BCUT2D eigenvalue weighted by atomic mass is 32.1. The third kappa shape index (κ3) is 11.9. The van der Waals surface area contributed by atoms with E-state index in [0.717, 1.165) is 0 Å². The maximum atomic E-state index is 13.0. The average molecular weight is 542 g/mol. The molecule has 0 saturated heterocycles. The molecule has 0 bridgehead atoms. The van der Waals surface area contributed by atoms with Gasteiger partial charge >= 0.3 is 11.9 Å². The highest BCUT2D eigenvalue weighted by molar-refractivity contribution is 7.80. The summed E-state index contributed by atoms with van der Waals surface area (Å²) in [7, 11) is 0. The van der Waals surface area contributed by atoms with Crippen LogP contribution in [0.3, 0.4) is 0 Å². The second-order valence-corrected chi connectivity index (χ2v) is 8.76. The molecule has 0 fully saturated rings. The Bertz CT molecular complexity index is 930. The van der Waals surface area contributed by atoms with Crippen LogP contribution in [0.2, 0.25) is 0 Å². The van der Waals surface area contributed by atoms with Crippen LogP contribution in [0.15, 0.2) is 24.3 Å². The summed E-state index contributed by atoms with van der Waals surface area (Å²) in [4.78, 5) is 60.5. The maximum absolute atomic E-state index is 13.0. The van der Waals surface area contributed by atoms with Crippen LogP contribution >= 0.6 is 12.6 Å². The molecule has 0 aliphatic rings. The van der Waals surface area contributed by atoms with E-state index in [1.54, 1.807) is 0 Å². The molecule has 14 heteroatoms. The Morgan fingerprint density at radius 3 is 1.95 bits per heavy atom. The van der Waals surface area contributed by atoms with Crippen molar-refractivity contribution < 1.29 is 39.3 Å². The van der Waals surface area contributed by atoms with E-state index in [1.807, 2.05) is 0 Å². The van der Waals surface area contributed by atoms with Gasteiger partial charge in [-0.1, -0.05) is 12.1 Å². The molecule has 0 spiro atoms. The quantitative estimate of drug-likeness (QED) is 0.0837. The van der Waals surface area contributed by atoms with Crippen LogP contribution in [0.1, 0.15) is 37.7 Å². The van der Waals surface area contributed by atoms with E-state index in [-0.39, 0.29) is 37.2 Å². The molecule has 0 saturated carbocycles. The van der Waals surface area contributed by atoms with Crippen molar-refractivity contribution in [2.75, 3.05) is 12.3 Å². The molecule has 0 radical (unpaired) electrons. The van der Waals surface area contributed by atoms with Crippen molar-refractivity contribution in [1.29, 1.82) is 0 Å². The number of hydrogen-bond donors (Lipinski definition) is 9. The highest BCUT2D eigenvalue weighted by Gasteiger charge is 2.30. The maximum Gasteiger partial charge on any atom is 0.326 e. The summed E-state index contributed by atoms with van der Waals surface area (Å²) in [6, 6.07) is 1.07. The topological polar surface area (TPSA) is 234 Å². The number of carbonyl (C=O) groups is 5. The number of thiol groups is 1. The van der Waals surface area contributed by atoms with E-state index >= 15 is 0 Å². The van der Waals surface area contributed by atoms with Gasteiger partial charge in [-0.05, 0) is 49.9 Å². The van der Waals surface area contributed by atoms with E-state index < -0.39 is 53.8 Å². The molecule has 1 aromatic rings. The van der Waals surface area contributed by atoms with Gasteiger partial charge in [-0.3, -0.25) is 19.2 Å². The summed E-state index contributed by atoms with van der Waals surface area (Å²) in [5.74, 6) is -4.77. The molecule has 1 rings (SSSR count). The Morgan fingerprint density at radius 2 is 1.41 bits per heavy atom. The van der Waals surface area contributed by atoms with Crippen LogP contribution < -0.4 is 27.4 Å². The van der Waals surface area contributed by atoms with E-state index in [4.69, 9.17) is 16.6 Å². The number of rotatable bonds is 17. The molecule has 0 heterocycles. The number of benzene rings is 1. The van der Waals surface area contributed by atoms with Gasteiger partial charge in [-0.2, -0.15) is 12.6 Å². The first-order valence-corrected chi connectivity index (χ1v) is 12.3. The lowest BCUT2D eigenvalue weighted by molar-refractivity contribution is -0.142. The van der Waals surface area contributed by atoms with E-state index in [2.05, 4.69) is 28.6 Å². The minimum atomic E-state index is -1.31. The van der Waals surface area contributed by atoms with Crippen LogP contribution in [0.4, 0.5) is 0 Å². The van der Waals surface area contributed by atoms with Gasteiger partial charge in [0.15, 0.2) is 0 Å². The van der Waals surface area contributed by atoms with Crippen LogP contribution in [-0.4, -0.2) is 81.4 Å². The van der Waals surface area contributed by atoms with Crippen LogP contribution in [-0.2, 0) is 30.4 Å². The van der Waals surface area contributed by atoms with E-state index in [1.165, 1.54) is 24.3 Å². The Morgan fingerprint density at radius 1 is 0.838 bits per heavy atom. The standard InChI is InChI=1S/C23H35N5O8S/c24-10-2-1-3-16(21(33)27-17(23(35)36)11-13-4-6-14(29)7-5-13)26-22(34)18(12-37)28-20(32)15(25)8-9-19(30)31/h4-7,15-18,29,37H,1-3,8-12,24-25H2,(H,26,34)(H,27,33)(H,28,32)(H,30,31)(H,35,36). The molecular weight excluding hydrogens is 506 g/mol. The number of nitrogens with two attached hydrogens (primary N) is 2. The van der Waals surface area contributed by atoms with Crippen molar-refractivity contribution >= 4 is 42.3 Å². The lowest BCUT2D eigenvalue weighted by Crippen LogP contribution is -2.57. The zero-order valence-electron chi connectivity index (χ0n) is 20.3. The molecule has 13 nitrogen and oxygen atoms in total. The van der Waals surface area contributed by atoms with Gasteiger partial charge in [0.05, 0.1) is 6.04 Å². The third-order valence-electron chi connectivity index (χ3n) is 5.39. The number of phenols is 1. The number of phenolic OH excluding ortho intramolecular Hbond substituents is 1. The summed E-state index contributed by atoms with van der Waals surface area (Å²) < 4.78 is 0. The fourth-order valence-electron chi connectivity index (χ4n) is 3.26. The molecule has 4 atom stereocenters. The van der Waals surface area contributed by atoms with Gasteiger partial charge in [0.25, 0.3) is 0 Å². The first-order chi connectivity index (χ1) is 17.5. The minimum Gasteiger partial charge on any atom is -0.508 e. The van der Waals surface area contributed by atoms with E-state index in [9.17, 15) is 34.2 Å². The summed E-state index contributed by atoms with van der Waals surface area (Å²) in [5.41, 5.74) is 11.8. The van der Waals surface area contributed by atoms with Crippen molar-refractivity contribution in [2.45, 2.75) is 62.7 Å². The Balaban J connectivity index is 2.90. The number of carboxylic acid groups (broad SMARTS) is 2. The van der Waals surface area contributed by atoms with Gasteiger partial charge in [-0.25, -0.2) is 4.79 Å². The second-order valence-electron chi connectivity index (χ2n) is 8.40. The predicted octanol–water partition coefficient (Wildman–Crippen LogP) is -1.28. The van der Waals surface area contributed by atoms with Gasteiger partial charge in [0.2, 0.25) is 17.7 Å². The normalized spacial score (nSPS) is 14.0. The first kappa shape index (κ1) is 31.7. The monoisotopic (exact) mass is 541 g/mol. The molecule has 10 N–H and O–H groups in total. The van der Waals surface area contributed by atoms with Crippen LogP contribution in [0.5, 0.6) is 5.75 Å². The summed E-state index contributed by atoms with van der Waals surface area (Å²) in [6.45, 7) is 0.352. The predicted molar refractivity (Wildman–Crippen MR) is 137 cm³/mol. The number of nitrogens with one attached hydrogen (secondary N) is 3. The molecule has 1 aromatic carbocycles. The molecule has 206 valence electrons. The Kier molecular flexibility index (Phi) is 14.0. The zero-order valence-corrected chi connectivity index (χ0v) is 21.2. The largest absolute Gasteiger partial charge is 0.508 e. The third-order valence-corrected chi connectivity index (χ3v) is 5.76. The van der Waals surface area contributed by atoms with Gasteiger partial charge in [-0.15, -0.1) is 0 Å². The molecule has 0 aliphatic heterocycles. The summed E-state index contributed by atoms with van der Waals surface area (Å²) in [6.07, 6.45) is 0.650. The second kappa shape index (κ2) is 16.4. The minimum absolute atomic E-state index is 0.0102. The lowest BCUT2D eigenvalue weighted by atomic mass is 10.0. The van der Waals surface area contributed by atoms with Gasteiger partial charge in [0, 0.05) is 18.6 Å². The van der Waals surface area contributed by atoms with Crippen LogP contribution in [0, 0.1) is 0 Å². The number of unbranched alkanes of at least 4 members (excludes halogenated alkanes) is 1. The summed E-state index contributed by atoms with van der Waals surface area (Å²) >= 11 is 4.06. The van der Waals surface area contributed by atoms with Gasteiger partial charge in [0.1, 0.15) is 23.9 Å². The molecule has 37 heavy (non-hydrogen) atoms. The number of aromatic hydroxyl groups is 1. The van der Waals surface area contributed by atoms with Crippen LogP contribution in [0.25, 0.3) is 0 Å². The Hall–Kier alpha value is -3.36. The number of carbonyl (C=O) groups excluding carboxylic acids is 3. The fraction of sp³-hybridized carbons (Fsp3) is 0.522. The van der Waals surface area contributed by atoms with Crippen molar-refractivity contribution in [2.24, 2.45) is 11.5 Å². The summed E-state index contributed by atoms with van der Waals surface area (Å²) in [5, 5.41) is 35.1. The molecule has 3 amide bonds.